The molecular formula is C12H15N3O3S2. The summed E-state index contributed by atoms with van der Waals surface area (Å²) in [6, 6.07) is 4.64. The minimum absolute atomic E-state index is 0.148. The molecule has 20 heavy (non-hydrogen) atoms. The maximum Gasteiger partial charge on any atom is 0.245 e. The van der Waals surface area contributed by atoms with Crippen molar-refractivity contribution in [2.45, 2.75) is 30.2 Å². The number of hydrogen-bond donors (Lipinski definition) is 1. The highest BCUT2D eigenvalue weighted by Crippen LogP contribution is 2.29. The van der Waals surface area contributed by atoms with Crippen molar-refractivity contribution < 1.29 is 13.5 Å². The third-order valence-electron chi connectivity index (χ3n) is 3.62. The number of rotatable bonds is 3. The van der Waals surface area contributed by atoms with E-state index in [0.717, 1.165) is 24.6 Å². The highest BCUT2D eigenvalue weighted by Gasteiger charge is 2.34. The van der Waals surface area contributed by atoms with Gasteiger partial charge in [0.2, 0.25) is 10.0 Å². The number of aromatic nitrogens is 2. The monoisotopic (exact) mass is 313 g/mol. The van der Waals surface area contributed by atoms with Crippen LogP contribution in [0.1, 0.15) is 19.3 Å². The summed E-state index contributed by atoms with van der Waals surface area (Å²) in [6.07, 6.45) is 2.46. The van der Waals surface area contributed by atoms with Crippen LogP contribution in [0.25, 0.3) is 11.0 Å². The van der Waals surface area contributed by atoms with E-state index in [1.54, 1.807) is 18.2 Å². The van der Waals surface area contributed by atoms with Crippen LogP contribution in [0.3, 0.4) is 0 Å². The second-order valence-corrected chi connectivity index (χ2v) is 7.22. The molecule has 1 saturated heterocycles. The van der Waals surface area contributed by atoms with Gasteiger partial charge in [0.25, 0.3) is 0 Å². The van der Waals surface area contributed by atoms with Crippen molar-refractivity contribution in [3.05, 3.63) is 18.2 Å². The first kappa shape index (κ1) is 13.9. The number of sulfonamides is 1. The highest BCUT2D eigenvalue weighted by molar-refractivity contribution is 7.89. The summed E-state index contributed by atoms with van der Waals surface area (Å²) in [5.41, 5.74) is 1.01. The lowest BCUT2D eigenvalue weighted by atomic mass is 10.1. The molecule has 0 spiro atoms. The minimum Gasteiger partial charge on any atom is -0.395 e. The molecule has 1 aromatic carbocycles. The van der Waals surface area contributed by atoms with Crippen LogP contribution in [0.4, 0.5) is 0 Å². The predicted molar refractivity (Wildman–Crippen MR) is 76.0 cm³/mol. The molecule has 1 atom stereocenters. The number of fused-ring (bicyclic) bond motifs is 1. The third-order valence-corrected chi connectivity index (χ3v) is 6.15. The molecule has 1 unspecified atom stereocenters. The van der Waals surface area contributed by atoms with Crippen LogP contribution in [-0.4, -0.2) is 45.8 Å². The lowest BCUT2D eigenvalue weighted by molar-refractivity contribution is 0.155. The molecule has 2 aromatic rings. The molecule has 1 aliphatic heterocycles. The van der Waals surface area contributed by atoms with Crippen LogP contribution < -0.4 is 0 Å². The number of hydrogen-bond acceptors (Lipinski definition) is 6. The van der Waals surface area contributed by atoms with Crippen molar-refractivity contribution in [1.82, 2.24) is 13.1 Å². The number of benzene rings is 1. The average molecular weight is 313 g/mol. The molecule has 0 amide bonds. The molecule has 0 aliphatic carbocycles. The second-order valence-electron chi connectivity index (χ2n) is 4.84. The van der Waals surface area contributed by atoms with Crippen molar-refractivity contribution in [1.29, 1.82) is 0 Å². The zero-order valence-electron chi connectivity index (χ0n) is 10.8. The SMILES string of the molecule is O=S(=O)(c1cccc2nsnc12)N1CCCCC1CO. The third kappa shape index (κ3) is 2.22. The van der Waals surface area contributed by atoms with E-state index in [-0.39, 0.29) is 17.5 Å². The summed E-state index contributed by atoms with van der Waals surface area (Å²) in [6.45, 7) is 0.298. The van der Waals surface area contributed by atoms with Crippen molar-refractivity contribution >= 4 is 32.8 Å². The van der Waals surface area contributed by atoms with E-state index in [4.69, 9.17) is 0 Å². The quantitative estimate of drug-likeness (QED) is 0.921. The molecule has 1 aromatic heterocycles. The Morgan fingerprint density at radius 2 is 2.20 bits per heavy atom. The van der Waals surface area contributed by atoms with Gasteiger partial charge in [-0.3, -0.25) is 0 Å². The summed E-state index contributed by atoms with van der Waals surface area (Å²) in [7, 11) is -3.64. The smallest absolute Gasteiger partial charge is 0.245 e. The van der Waals surface area contributed by atoms with E-state index >= 15 is 0 Å². The molecule has 6 nitrogen and oxygen atoms in total. The van der Waals surface area contributed by atoms with Crippen LogP contribution in [0.5, 0.6) is 0 Å². The fraction of sp³-hybridized carbons (Fsp3) is 0.500. The maximum absolute atomic E-state index is 12.8. The summed E-state index contributed by atoms with van der Waals surface area (Å²) in [4.78, 5) is 0.184. The number of aliphatic hydroxyl groups excluding tert-OH is 1. The average Bonchev–Trinajstić information content (AvgIpc) is 2.95. The van der Waals surface area contributed by atoms with Gasteiger partial charge < -0.3 is 5.11 Å². The standard InChI is InChI=1S/C12H15N3O3S2/c16-8-9-4-1-2-7-15(9)20(17,18)11-6-3-5-10-12(11)14-19-13-10/h3,5-6,9,16H,1-2,4,7-8H2. The lowest BCUT2D eigenvalue weighted by Gasteiger charge is -2.33. The summed E-state index contributed by atoms with van der Waals surface area (Å²) in [5, 5.41) is 9.41. The zero-order chi connectivity index (χ0) is 14.2. The van der Waals surface area contributed by atoms with Gasteiger partial charge >= 0.3 is 0 Å². The molecule has 1 N–H and O–H groups in total. The molecule has 0 radical (unpaired) electrons. The van der Waals surface area contributed by atoms with Gasteiger partial charge in [0.15, 0.2) is 0 Å². The van der Waals surface area contributed by atoms with E-state index in [1.807, 2.05) is 0 Å². The topological polar surface area (TPSA) is 83.4 Å². The van der Waals surface area contributed by atoms with Gasteiger partial charge in [-0.2, -0.15) is 13.1 Å². The number of nitrogens with zero attached hydrogens (tertiary/aromatic N) is 3. The van der Waals surface area contributed by atoms with Crippen LogP contribution >= 0.6 is 11.7 Å². The Hall–Kier alpha value is -1.09. The first-order valence-electron chi connectivity index (χ1n) is 6.48. The molecule has 2 heterocycles. The van der Waals surface area contributed by atoms with Crippen molar-refractivity contribution in [2.24, 2.45) is 0 Å². The van der Waals surface area contributed by atoms with Crippen molar-refractivity contribution in [3.63, 3.8) is 0 Å². The number of piperidine rings is 1. The van der Waals surface area contributed by atoms with Crippen LogP contribution in [0.15, 0.2) is 23.1 Å². The Kier molecular flexibility index (Phi) is 3.72. The van der Waals surface area contributed by atoms with E-state index in [1.165, 1.54) is 4.31 Å². The van der Waals surface area contributed by atoms with Gasteiger partial charge in [0.1, 0.15) is 15.9 Å². The Labute approximate surface area is 121 Å². The van der Waals surface area contributed by atoms with Gasteiger partial charge in [-0.05, 0) is 25.0 Å². The molecule has 0 bridgehead atoms. The summed E-state index contributed by atoms with van der Waals surface area (Å²) in [5.74, 6) is 0. The first-order chi connectivity index (χ1) is 9.64. The van der Waals surface area contributed by atoms with E-state index in [9.17, 15) is 13.5 Å². The van der Waals surface area contributed by atoms with Crippen molar-refractivity contribution in [3.8, 4) is 0 Å². The summed E-state index contributed by atoms with van der Waals surface area (Å²) < 4.78 is 35.2. The Bertz CT molecular complexity index is 714. The van der Waals surface area contributed by atoms with Crippen LogP contribution in [-0.2, 0) is 10.0 Å². The molecule has 1 fully saturated rings. The second kappa shape index (κ2) is 5.36. The molecule has 1 aliphatic rings. The molecular weight excluding hydrogens is 298 g/mol. The Morgan fingerprint density at radius 3 is 3.00 bits per heavy atom. The number of aliphatic hydroxyl groups is 1. The normalized spacial score (nSPS) is 21.4. The lowest BCUT2D eigenvalue weighted by Crippen LogP contribution is -2.45. The van der Waals surface area contributed by atoms with Crippen molar-refractivity contribution in [2.75, 3.05) is 13.2 Å². The van der Waals surface area contributed by atoms with Gasteiger partial charge in [-0.1, -0.05) is 12.5 Å². The Balaban J connectivity index is 2.09. The largest absolute Gasteiger partial charge is 0.395 e. The predicted octanol–water partition coefficient (Wildman–Crippen LogP) is 1.23. The molecule has 0 saturated carbocycles. The van der Waals surface area contributed by atoms with E-state index in [0.29, 0.717) is 24.0 Å². The fourth-order valence-corrected chi connectivity index (χ4v) is 5.03. The fourth-order valence-electron chi connectivity index (χ4n) is 2.59. The maximum atomic E-state index is 12.8. The van der Waals surface area contributed by atoms with Gasteiger partial charge in [-0.25, -0.2) is 8.42 Å². The molecule has 8 heteroatoms. The van der Waals surface area contributed by atoms with Gasteiger partial charge in [-0.15, -0.1) is 0 Å². The van der Waals surface area contributed by atoms with E-state index in [2.05, 4.69) is 8.75 Å². The minimum atomic E-state index is -3.64. The highest BCUT2D eigenvalue weighted by atomic mass is 32.2. The molecule has 3 rings (SSSR count). The van der Waals surface area contributed by atoms with Crippen LogP contribution in [0.2, 0.25) is 0 Å². The summed E-state index contributed by atoms with van der Waals surface area (Å²) >= 11 is 1.00. The van der Waals surface area contributed by atoms with E-state index < -0.39 is 10.0 Å². The Morgan fingerprint density at radius 1 is 1.35 bits per heavy atom. The zero-order valence-corrected chi connectivity index (χ0v) is 12.4. The van der Waals surface area contributed by atoms with Gasteiger partial charge in [0.05, 0.1) is 18.3 Å². The first-order valence-corrected chi connectivity index (χ1v) is 8.65. The van der Waals surface area contributed by atoms with Gasteiger partial charge in [0, 0.05) is 12.6 Å². The molecule has 108 valence electrons. The van der Waals surface area contributed by atoms with Crippen LogP contribution in [0, 0.1) is 0 Å².